The third-order valence-electron chi connectivity index (χ3n) is 5.87. The summed E-state index contributed by atoms with van der Waals surface area (Å²) < 4.78 is 5.45. The molecular formula is C21H33N3O2. The van der Waals surface area contributed by atoms with E-state index in [-0.39, 0.29) is 11.5 Å². The standard InChI is InChI=1S/C21H33N3O2/c1-3-22-20(24-13-9-18(25)10-14-24)23-16-21(11-4-5-12-21)17-7-6-8-19(15-17)26-2/h6-8,15,18,25H,3-5,9-14,16H2,1-2H3,(H,22,23). The summed E-state index contributed by atoms with van der Waals surface area (Å²) in [4.78, 5) is 7.35. The first-order chi connectivity index (χ1) is 12.7. The molecule has 1 aliphatic carbocycles. The first-order valence-corrected chi connectivity index (χ1v) is 10.0. The first kappa shape index (κ1) is 19.0. The van der Waals surface area contributed by atoms with Crippen LogP contribution in [0.1, 0.15) is 51.0 Å². The summed E-state index contributed by atoms with van der Waals surface area (Å²) in [6, 6.07) is 8.52. The number of hydrogen-bond acceptors (Lipinski definition) is 3. The highest BCUT2D eigenvalue weighted by atomic mass is 16.5. The van der Waals surface area contributed by atoms with Crippen LogP contribution in [0.25, 0.3) is 0 Å². The molecule has 0 radical (unpaired) electrons. The molecule has 1 aliphatic heterocycles. The molecule has 26 heavy (non-hydrogen) atoms. The van der Waals surface area contributed by atoms with Gasteiger partial charge in [0.1, 0.15) is 5.75 Å². The molecule has 1 aromatic carbocycles. The lowest BCUT2D eigenvalue weighted by atomic mass is 9.79. The summed E-state index contributed by atoms with van der Waals surface area (Å²) in [5.74, 6) is 1.92. The van der Waals surface area contributed by atoms with Crippen LogP contribution in [-0.2, 0) is 5.41 Å². The van der Waals surface area contributed by atoms with Gasteiger partial charge in [-0.25, -0.2) is 0 Å². The molecule has 0 aromatic heterocycles. The minimum Gasteiger partial charge on any atom is -0.497 e. The Balaban J connectivity index is 1.80. The summed E-state index contributed by atoms with van der Waals surface area (Å²) in [6.07, 6.45) is 6.38. The van der Waals surface area contributed by atoms with E-state index < -0.39 is 0 Å². The number of likely N-dealkylation sites (tertiary alicyclic amines) is 1. The van der Waals surface area contributed by atoms with E-state index >= 15 is 0 Å². The number of aliphatic hydroxyl groups excluding tert-OH is 1. The van der Waals surface area contributed by atoms with Gasteiger partial charge in [-0.3, -0.25) is 4.99 Å². The van der Waals surface area contributed by atoms with Crippen molar-refractivity contribution in [3.05, 3.63) is 29.8 Å². The van der Waals surface area contributed by atoms with Crippen molar-refractivity contribution in [1.82, 2.24) is 10.2 Å². The number of benzene rings is 1. The largest absolute Gasteiger partial charge is 0.497 e. The van der Waals surface area contributed by atoms with Gasteiger partial charge in [0.05, 0.1) is 19.8 Å². The van der Waals surface area contributed by atoms with Crippen molar-refractivity contribution in [2.75, 3.05) is 33.3 Å². The van der Waals surface area contributed by atoms with Gasteiger partial charge in [-0.05, 0) is 50.3 Å². The zero-order valence-electron chi connectivity index (χ0n) is 16.2. The number of rotatable bonds is 5. The van der Waals surface area contributed by atoms with Crippen molar-refractivity contribution in [2.45, 2.75) is 57.0 Å². The van der Waals surface area contributed by atoms with Gasteiger partial charge in [0.15, 0.2) is 5.96 Å². The molecule has 1 saturated heterocycles. The van der Waals surface area contributed by atoms with Crippen LogP contribution in [-0.4, -0.2) is 55.4 Å². The zero-order valence-corrected chi connectivity index (χ0v) is 16.2. The SMILES string of the molecule is CCNC(=NCC1(c2cccc(OC)c2)CCCC1)N1CCC(O)CC1. The summed E-state index contributed by atoms with van der Waals surface area (Å²) in [5, 5.41) is 13.2. The molecule has 0 atom stereocenters. The lowest BCUT2D eigenvalue weighted by Gasteiger charge is -2.34. The van der Waals surface area contributed by atoms with Gasteiger partial charge in [0, 0.05) is 25.0 Å². The second kappa shape index (κ2) is 8.76. The Kier molecular flexibility index (Phi) is 6.41. The Hall–Kier alpha value is -1.75. The van der Waals surface area contributed by atoms with Crippen LogP contribution in [0, 0.1) is 0 Å². The lowest BCUT2D eigenvalue weighted by Crippen LogP contribution is -2.47. The Morgan fingerprint density at radius 1 is 1.31 bits per heavy atom. The maximum Gasteiger partial charge on any atom is 0.193 e. The van der Waals surface area contributed by atoms with Crippen molar-refractivity contribution >= 4 is 5.96 Å². The van der Waals surface area contributed by atoms with E-state index in [1.165, 1.54) is 31.2 Å². The van der Waals surface area contributed by atoms with Crippen LogP contribution in [0.3, 0.4) is 0 Å². The summed E-state index contributed by atoms with van der Waals surface area (Å²) in [5.41, 5.74) is 1.47. The lowest BCUT2D eigenvalue weighted by molar-refractivity contribution is 0.108. The van der Waals surface area contributed by atoms with E-state index in [1.54, 1.807) is 7.11 Å². The summed E-state index contributed by atoms with van der Waals surface area (Å²) >= 11 is 0. The number of aliphatic hydroxyl groups is 1. The zero-order chi connectivity index (χ0) is 18.4. The second-order valence-corrected chi connectivity index (χ2v) is 7.61. The quantitative estimate of drug-likeness (QED) is 0.627. The fraction of sp³-hybridized carbons (Fsp3) is 0.667. The molecule has 0 amide bonds. The number of guanidine groups is 1. The molecule has 1 heterocycles. The van der Waals surface area contributed by atoms with Crippen molar-refractivity contribution in [3.8, 4) is 5.75 Å². The highest BCUT2D eigenvalue weighted by Crippen LogP contribution is 2.42. The minimum atomic E-state index is -0.160. The number of piperidine rings is 1. The van der Waals surface area contributed by atoms with Crippen LogP contribution in [0.4, 0.5) is 0 Å². The van der Waals surface area contributed by atoms with Gasteiger partial charge in [-0.1, -0.05) is 25.0 Å². The molecule has 0 unspecified atom stereocenters. The highest BCUT2D eigenvalue weighted by molar-refractivity contribution is 5.80. The van der Waals surface area contributed by atoms with Crippen molar-refractivity contribution < 1.29 is 9.84 Å². The summed E-state index contributed by atoms with van der Waals surface area (Å²) in [6.45, 7) is 5.53. The van der Waals surface area contributed by atoms with E-state index in [2.05, 4.69) is 35.3 Å². The fourth-order valence-electron chi connectivity index (χ4n) is 4.27. The average Bonchev–Trinajstić information content (AvgIpc) is 3.16. The molecule has 5 nitrogen and oxygen atoms in total. The molecule has 0 spiro atoms. The average molecular weight is 360 g/mol. The van der Waals surface area contributed by atoms with E-state index in [1.807, 2.05) is 6.07 Å². The van der Waals surface area contributed by atoms with E-state index in [0.717, 1.165) is 50.7 Å². The molecule has 1 aromatic rings. The number of hydrogen-bond donors (Lipinski definition) is 2. The van der Waals surface area contributed by atoms with Gasteiger partial charge < -0.3 is 20.1 Å². The van der Waals surface area contributed by atoms with Crippen molar-refractivity contribution in [1.29, 1.82) is 0 Å². The Bertz CT molecular complexity index is 603. The molecule has 3 rings (SSSR count). The number of ether oxygens (including phenoxy) is 1. The Morgan fingerprint density at radius 2 is 2.04 bits per heavy atom. The molecule has 2 N–H and O–H groups in total. The van der Waals surface area contributed by atoms with E-state index in [0.29, 0.717) is 0 Å². The third kappa shape index (κ3) is 4.32. The van der Waals surface area contributed by atoms with Crippen LogP contribution >= 0.6 is 0 Å². The molecule has 2 aliphatic rings. The number of methoxy groups -OCH3 is 1. The topological polar surface area (TPSA) is 57.1 Å². The normalized spacial score (nSPS) is 21.0. The third-order valence-corrected chi connectivity index (χ3v) is 5.87. The van der Waals surface area contributed by atoms with Crippen molar-refractivity contribution in [3.63, 3.8) is 0 Å². The number of nitrogens with one attached hydrogen (secondary N) is 1. The van der Waals surface area contributed by atoms with E-state index in [9.17, 15) is 5.11 Å². The predicted octanol–water partition coefficient (Wildman–Crippen LogP) is 2.93. The highest BCUT2D eigenvalue weighted by Gasteiger charge is 2.36. The molecule has 1 saturated carbocycles. The van der Waals surface area contributed by atoms with Crippen LogP contribution in [0.5, 0.6) is 5.75 Å². The van der Waals surface area contributed by atoms with Gasteiger partial charge in [0.25, 0.3) is 0 Å². The van der Waals surface area contributed by atoms with Gasteiger partial charge in [-0.15, -0.1) is 0 Å². The maximum atomic E-state index is 9.78. The first-order valence-electron chi connectivity index (χ1n) is 10.0. The van der Waals surface area contributed by atoms with Crippen LogP contribution in [0.2, 0.25) is 0 Å². The van der Waals surface area contributed by atoms with Gasteiger partial charge in [0.2, 0.25) is 0 Å². The van der Waals surface area contributed by atoms with E-state index in [4.69, 9.17) is 9.73 Å². The number of nitrogens with zero attached hydrogens (tertiary/aromatic N) is 2. The minimum absolute atomic E-state index is 0.116. The number of aliphatic imine (C=N–C) groups is 1. The maximum absolute atomic E-state index is 9.78. The Labute approximate surface area is 157 Å². The van der Waals surface area contributed by atoms with Crippen LogP contribution < -0.4 is 10.1 Å². The molecule has 144 valence electrons. The van der Waals surface area contributed by atoms with Gasteiger partial charge >= 0.3 is 0 Å². The van der Waals surface area contributed by atoms with Crippen LogP contribution in [0.15, 0.2) is 29.3 Å². The Morgan fingerprint density at radius 3 is 2.69 bits per heavy atom. The fourth-order valence-corrected chi connectivity index (χ4v) is 4.27. The molecular weight excluding hydrogens is 326 g/mol. The smallest absolute Gasteiger partial charge is 0.193 e. The van der Waals surface area contributed by atoms with Crippen molar-refractivity contribution in [2.24, 2.45) is 4.99 Å². The van der Waals surface area contributed by atoms with Gasteiger partial charge in [-0.2, -0.15) is 0 Å². The second-order valence-electron chi connectivity index (χ2n) is 7.61. The molecule has 5 heteroatoms. The summed E-state index contributed by atoms with van der Waals surface area (Å²) in [7, 11) is 1.73. The molecule has 2 fully saturated rings. The predicted molar refractivity (Wildman–Crippen MR) is 106 cm³/mol. The molecule has 0 bridgehead atoms. The monoisotopic (exact) mass is 359 g/mol.